The molecular weight excluding hydrogens is 342 g/mol. The predicted molar refractivity (Wildman–Crippen MR) is 104 cm³/mol. The van der Waals surface area contributed by atoms with Crippen LogP contribution < -0.4 is 5.32 Å². The number of benzene rings is 1. The molecule has 2 fully saturated rings. The summed E-state index contributed by atoms with van der Waals surface area (Å²) in [6.07, 6.45) is 5.35. The van der Waals surface area contributed by atoms with Gasteiger partial charge in [0.15, 0.2) is 0 Å². The van der Waals surface area contributed by atoms with Crippen molar-refractivity contribution in [2.75, 3.05) is 19.6 Å². The lowest BCUT2D eigenvalue weighted by Crippen LogP contribution is -2.57. The van der Waals surface area contributed by atoms with Crippen LogP contribution in [0, 0.1) is 5.92 Å². The van der Waals surface area contributed by atoms with Crippen LogP contribution in [0.25, 0.3) is 0 Å². The molecule has 2 aliphatic carbocycles. The maximum atomic E-state index is 12.9. The highest BCUT2D eigenvalue weighted by atomic mass is 16.4. The number of nitrogens with one attached hydrogen (secondary N) is 1. The van der Waals surface area contributed by atoms with E-state index in [1.54, 1.807) is 0 Å². The summed E-state index contributed by atoms with van der Waals surface area (Å²) in [5.74, 6) is -0.168. The number of carboxylic acids is 1. The number of urea groups is 1. The van der Waals surface area contributed by atoms with E-state index in [-0.39, 0.29) is 24.7 Å². The third-order valence-corrected chi connectivity index (χ3v) is 5.91. The Morgan fingerprint density at radius 2 is 1.89 bits per heavy atom. The molecule has 27 heavy (non-hydrogen) atoms. The van der Waals surface area contributed by atoms with Gasteiger partial charge in [0.05, 0.1) is 6.54 Å². The Hall–Kier alpha value is -2.08. The zero-order valence-electron chi connectivity index (χ0n) is 16.1. The summed E-state index contributed by atoms with van der Waals surface area (Å²) in [5.41, 5.74) is 1.15. The third-order valence-electron chi connectivity index (χ3n) is 5.91. The molecule has 3 rings (SSSR count). The number of nitrogens with zero attached hydrogens (tertiary/aromatic N) is 2. The summed E-state index contributed by atoms with van der Waals surface area (Å²) in [6, 6.07) is 10.5. The number of hydrogen-bond donors (Lipinski definition) is 2. The van der Waals surface area contributed by atoms with Crippen LogP contribution in [0.1, 0.15) is 44.6 Å². The van der Waals surface area contributed by atoms with Crippen LogP contribution in [0.5, 0.6) is 0 Å². The van der Waals surface area contributed by atoms with Crippen molar-refractivity contribution in [3.63, 3.8) is 0 Å². The van der Waals surface area contributed by atoms with Crippen molar-refractivity contribution in [2.24, 2.45) is 5.92 Å². The van der Waals surface area contributed by atoms with Crippen LogP contribution >= 0.6 is 0 Å². The number of amides is 2. The first kappa shape index (κ1) is 19.7. The van der Waals surface area contributed by atoms with E-state index in [2.05, 4.69) is 17.4 Å². The second-order valence-corrected chi connectivity index (χ2v) is 7.89. The zero-order chi connectivity index (χ0) is 19.2. The van der Waals surface area contributed by atoms with Crippen LogP contribution in [0.2, 0.25) is 0 Å². The van der Waals surface area contributed by atoms with E-state index in [0.29, 0.717) is 12.5 Å². The zero-order valence-corrected chi connectivity index (χ0v) is 16.1. The maximum Gasteiger partial charge on any atom is 0.317 e. The van der Waals surface area contributed by atoms with Gasteiger partial charge in [0.1, 0.15) is 0 Å². The lowest BCUT2D eigenvalue weighted by molar-refractivity contribution is -0.139. The smallest absolute Gasteiger partial charge is 0.317 e. The Kier molecular flexibility index (Phi) is 6.72. The largest absolute Gasteiger partial charge is 0.480 e. The molecule has 2 saturated carbocycles. The summed E-state index contributed by atoms with van der Waals surface area (Å²) in [6.45, 7) is 4.23. The number of aliphatic carboxylic acids is 1. The van der Waals surface area contributed by atoms with Crippen LogP contribution in [-0.4, -0.2) is 58.6 Å². The molecule has 0 aromatic heterocycles. The van der Waals surface area contributed by atoms with Gasteiger partial charge in [-0.3, -0.25) is 9.69 Å². The van der Waals surface area contributed by atoms with E-state index in [0.717, 1.165) is 31.5 Å². The van der Waals surface area contributed by atoms with Gasteiger partial charge in [0.2, 0.25) is 0 Å². The van der Waals surface area contributed by atoms with Crippen molar-refractivity contribution in [3.05, 3.63) is 35.9 Å². The van der Waals surface area contributed by atoms with Crippen molar-refractivity contribution < 1.29 is 14.7 Å². The number of carbonyl (C=O) groups excluding carboxylic acids is 1. The molecule has 6 nitrogen and oxygen atoms in total. The average Bonchev–Trinajstić information content (AvgIpc) is 2.58. The minimum Gasteiger partial charge on any atom is -0.480 e. The fraction of sp³-hybridized carbons (Fsp3) is 0.619. The summed E-state index contributed by atoms with van der Waals surface area (Å²) in [4.78, 5) is 27.7. The van der Waals surface area contributed by atoms with E-state index >= 15 is 0 Å². The van der Waals surface area contributed by atoms with Gasteiger partial charge < -0.3 is 15.3 Å². The monoisotopic (exact) mass is 373 g/mol. The molecule has 0 spiro atoms. The van der Waals surface area contributed by atoms with Crippen molar-refractivity contribution in [2.45, 2.75) is 57.7 Å². The first-order valence-corrected chi connectivity index (χ1v) is 10.1. The second kappa shape index (κ2) is 9.22. The van der Waals surface area contributed by atoms with Crippen LogP contribution in [0.4, 0.5) is 4.79 Å². The number of carboxylic acid groups (broad SMARTS) is 1. The van der Waals surface area contributed by atoms with E-state index in [1.165, 1.54) is 19.3 Å². The lowest BCUT2D eigenvalue weighted by Gasteiger charge is -2.43. The fourth-order valence-electron chi connectivity index (χ4n) is 3.95. The molecule has 0 unspecified atom stereocenters. The summed E-state index contributed by atoms with van der Waals surface area (Å²) in [7, 11) is 0. The van der Waals surface area contributed by atoms with Gasteiger partial charge >= 0.3 is 12.0 Å². The highest BCUT2D eigenvalue weighted by Gasteiger charge is 2.35. The van der Waals surface area contributed by atoms with Gasteiger partial charge in [-0.2, -0.15) is 0 Å². The van der Waals surface area contributed by atoms with Crippen molar-refractivity contribution in [1.82, 2.24) is 15.1 Å². The topological polar surface area (TPSA) is 72.9 Å². The first-order chi connectivity index (χ1) is 13.0. The highest BCUT2D eigenvalue weighted by molar-refractivity contribution is 5.74. The summed E-state index contributed by atoms with van der Waals surface area (Å²) in [5, 5.41) is 12.2. The van der Waals surface area contributed by atoms with Gasteiger partial charge in [-0.1, -0.05) is 43.7 Å². The molecule has 6 heteroatoms. The number of hydrogen-bond acceptors (Lipinski definition) is 3. The number of carbonyl (C=O) groups is 2. The minimum absolute atomic E-state index is 0.00971. The predicted octanol–water partition coefficient (Wildman–Crippen LogP) is 2.94. The SMILES string of the molecule is CCN(CC(=O)O)C1CC(NC(=O)N(Cc2ccccc2)CC2CCC2)C1. The Bertz CT molecular complexity index is 627. The normalized spacial score (nSPS) is 22.0. The number of rotatable bonds is 9. The fourth-order valence-corrected chi connectivity index (χ4v) is 3.95. The Morgan fingerprint density at radius 1 is 1.19 bits per heavy atom. The maximum absolute atomic E-state index is 12.9. The Balaban J connectivity index is 1.51. The minimum atomic E-state index is -0.793. The van der Waals surface area contributed by atoms with Crippen LogP contribution in [0.3, 0.4) is 0 Å². The van der Waals surface area contributed by atoms with E-state index < -0.39 is 5.97 Å². The van der Waals surface area contributed by atoms with Gasteiger partial charge in [0, 0.05) is 25.2 Å². The molecule has 2 aliphatic rings. The average molecular weight is 373 g/mol. The second-order valence-electron chi connectivity index (χ2n) is 7.89. The number of likely N-dealkylation sites (N-methyl/N-ethyl adjacent to an activating group) is 1. The Labute approximate surface area is 161 Å². The van der Waals surface area contributed by atoms with Crippen LogP contribution in [0.15, 0.2) is 30.3 Å². The molecule has 0 bridgehead atoms. The van der Waals surface area contributed by atoms with Gasteiger partial charge in [-0.15, -0.1) is 0 Å². The Morgan fingerprint density at radius 3 is 2.44 bits per heavy atom. The summed E-state index contributed by atoms with van der Waals surface area (Å²) >= 11 is 0. The van der Waals surface area contributed by atoms with Crippen molar-refractivity contribution in [1.29, 1.82) is 0 Å². The highest BCUT2D eigenvalue weighted by Crippen LogP contribution is 2.29. The van der Waals surface area contributed by atoms with Gasteiger partial charge in [0.25, 0.3) is 0 Å². The lowest BCUT2D eigenvalue weighted by atomic mass is 9.84. The van der Waals surface area contributed by atoms with E-state index in [4.69, 9.17) is 5.11 Å². The third kappa shape index (κ3) is 5.45. The van der Waals surface area contributed by atoms with Gasteiger partial charge in [-0.05, 0) is 43.7 Å². The standard InChI is InChI=1S/C21H31N3O3/c1-2-23(15-20(25)26)19-11-18(12-19)22-21(27)24(14-17-9-6-10-17)13-16-7-4-3-5-8-16/h3-5,7-8,17-19H,2,6,9-15H2,1H3,(H,22,27)(H,25,26). The molecular formula is C21H31N3O3. The van der Waals surface area contributed by atoms with Crippen molar-refractivity contribution >= 4 is 12.0 Å². The first-order valence-electron chi connectivity index (χ1n) is 10.1. The van der Waals surface area contributed by atoms with E-state index in [9.17, 15) is 9.59 Å². The van der Waals surface area contributed by atoms with Gasteiger partial charge in [-0.25, -0.2) is 4.79 Å². The molecule has 1 aromatic rings. The van der Waals surface area contributed by atoms with E-state index in [1.807, 2.05) is 34.9 Å². The molecule has 0 radical (unpaired) electrons. The molecule has 148 valence electrons. The molecule has 0 atom stereocenters. The molecule has 0 aliphatic heterocycles. The molecule has 0 heterocycles. The molecule has 2 N–H and O–H groups in total. The molecule has 1 aromatic carbocycles. The van der Waals surface area contributed by atoms with Crippen molar-refractivity contribution in [3.8, 4) is 0 Å². The summed E-state index contributed by atoms with van der Waals surface area (Å²) < 4.78 is 0. The quantitative estimate of drug-likeness (QED) is 0.698. The molecule has 0 saturated heterocycles. The van der Waals surface area contributed by atoms with Crippen LogP contribution in [-0.2, 0) is 11.3 Å². The molecule has 2 amide bonds.